The van der Waals surface area contributed by atoms with E-state index in [4.69, 9.17) is 23.2 Å². The molecule has 1 fully saturated rings. The van der Waals surface area contributed by atoms with Crippen molar-refractivity contribution in [3.63, 3.8) is 0 Å². The molecule has 1 heterocycles. The number of hydrogen-bond acceptors (Lipinski definition) is 4. The van der Waals surface area contributed by atoms with Gasteiger partial charge in [0.1, 0.15) is 6.04 Å². The summed E-state index contributed by atoms with van der Waals surface area (Å²) >= 11 is 11.9. The molecule has 0 saturated carbocycles. The highest BCUT2D eigenvalue weighted by Crippen LogP contribution is 2.37. The molecule has 1 saturated heterocycles. The van der Waals surface area contributed by atoms with Gasteiger partial charge in [-0.1, -0.05) is 35.4 Å². The van der Waals surface area contributed by atoms with Crippen LogP contribution in [-0.4, -0.2) is 39.6 Å². The van der Waals surface area contributed by atoms with Gasteiger partial charge in [-0.15, -0.1) is 0 Å². The predicted octanol–water partition coefficient (Wildman–Crippen LogP) is 4.57. The Hall–Kier alpha value is -2.96. The number of ketones is 1. The molecule has 32 heavy (non-hydrogen) atoms. The van der Waals surface area contributed by atoms with Crippen LogP contribution in [0.1, 0.15) is 40.5 Å². The van der Waals surface area contributed by atoms with E-state index in [0.29, 0.717) is 28.5 Å². The number of carbonyl (C=O) groups is 4. The number of fused-ring (bicyclic) bond motifs is 1. The summed E-state index contributed by atoms with van der Waals surface area (Å²) in [5, 5.41) is 2.76. The van der Waals surface area contributed by atoms with E-state index in [1.165, 1.54) is 31.2 Å². The van der Waals surface area contributed by atoms with E-state index >= 15 is 0 Å². The van der Waals surface area contributed by atoms with Gasteiger partial charge in [0.05, 0.1) is 11.8 Å². The second-order valence-electron chi connectivity index (χ2n) is 7.85. The number of halogens is 2. The lowest BCUT2D eigenvalue weighted by molar-refractivity contribution is -0.156. The molecule has 2 aromatic carbocycles. The Morgan fingerprint density at radius 2 is 1.28 bits per heavy atom. The average molecular weight is 471 g/mol. The molecule has 8 heteroatoms. The van der Waals surface area contributed by atoms with Gasteiger partial charge in [0.25, 0.3) is 17.7 Å². The maximum atomic E-state index is 13.5. The molecule has 0 N–H and O–H groups in total. The van der Waals surface area contributed by atoms with Crippen LogP contribution in [-0.2, 0) is 9.59 Å². The lowest BCUT2D eigenvalue weighted by Gasteiger charge is -2.34. The van der Waals surface area contributed by atoms with Crippen LogP contribution in [0.25, 0.3) is 0 Å². The summed E-state index contributed by atoms with van der Waals surface area (Å²) in [6, 6.07) is 11.2. The number of nitrogens with zero attached hydrogens (tertiary/aromatic N) is 2. The minimum atomic E-state index is -1.11. The van der Waals surface area contributed by atoms with Crippen molar-refractivity contribution in [3.05, 3.63) is 81.9 Å². The minimum Gasteiger partial charge on any atom is -0.292 e. The third-order valence-electron chi connectivity index (χ3n) is 5.87. The fourth-order valence-electron chi connectivity index (χ4n) is 4.13. The topological polar surface area (TPSA) is 74.8 Å². The molecule has 0 radical (unpaired) electrons. The summed E-state index contributed by atoms with van der Waals surface area (Å²) < 4.78 is 0. The molecule has 0 spiro atoms. The number of carbonyl (C=O) groups excluding carboxylic acids is 4. The van der Waals surface area contributed by atoms with Crippen LogP contribution in [0.15, 0.2) is 60.7 Å². The quantitative estimate of drug-likeness (QED) is 0.364. The van der Waals surface area contributed by atoms with Gasteiger partial charge in [-0.25, -0.2) is 5.01 Å². The minimum absolute atomic E-state index is 0.207. The first-order valence-electron chi connectivity index (χ1n) is 10.2. The van der Waals surface area contributed by atoms with Gasteiger partial charge in [0.15, 0.2) is 5.78 Å². The fourth-order valence-corrected chi connectivity index (χ4v) is 4.38. The van der Waals surface area contributed by atoms with E-state index in [-0.39, 0.29) is 5.56 Å². The Balaban J connectivity index is 1.74. The first kappa shape index (κ1) is 22.2. The molecule has 0 aromatic heterocycles. The molecule has 0 unspecified atom stereocenters. The normalized spacial score (nSPS) is 20.8. The van der Waals surface area contributed by atoms with Gasteiger partial charge in [-0.05, 0) is 68.3 Å². The molecule has 0 bridgehead atoms. The number of hydrogen-bond donors (Lipinski definition) is 0. The molecule has 1 aliphatic carbocycles. The number of benzene rings is 2. The Kier molecular flexibility index (Phi) is 6.17. The lowest BCUT2D eigenvalue weighted by Crippen LogP contribution is -2.56. The number of rotatable bonds is 5. The monoisotopic (exact) mass is 470 g/mol. The summed E-state index contributed by atoms with van der Waals surface area (Å²) in [5.74, 6) is -3.07. The third-order valence-corrected chi connectivity index (χ3v) is 6.38. The van der Waals surface area contributed by atoms with Gasteiger partial charge in [0.2, 0.25) is 0 Å². The highest BCUT2D eigenvalue weighted by Gasteiger charge is 2.52. The summed E-state index contributed by atoms with van der Waals surface area (Å²) in [6.07, 6.45) is 4.58. The number of imide groups is 1. The number of amides is 3. The molecule has 3 atom stereocenters. The number of Topliss-reactive ketones (excluding diaryl/α,β-unsaturated/α-hetero) is 1. The molecule has 1 aliphatic heterocycles. The summed E-state index contributed by atoms with van der Waals surface area (Å²) in [7, 11) is 0. The van der Waals surface area contributed by atoms with Crippen molar-refractivity contribution in [2.75, 3.05) is 0 Å². The van der Waals surface area contributed by atoms with Crippen molar-refractivity contribution in [1.29, 1.82) is 0 Å². The van der Waals surface area contributed by atoms with E-state index in [0.717, 1.165) is 10.0 Å². The van der Waals surface area contributed by atoms with Crippen LogP contribution in [0, 0.1) is 11.8 Å². The number of allylic oxidation sites excluding steroid dienone is 2. The SMILES string of the molecule is C[C@H](C(=O)c1ccc(Cl)cc1)N(C(=O)c1ccc(Cl)cc1)N1C(=O)[C@H]2CC=CC[C@@H]2C1=O. The average Bonchev–Trinajstić information content (AvgIpc) is 3.05. The fraction of sp³-hybridized carbons (Fsp3) is 0.250. The van der Waals surface area contributed by atoms with Crippen molar-refractivity contribution in [1.82, 2.24) is 10.0 Å². The standard InChI is InChI=1S/C24H20Cl2N2O4/c1-14(21(29)15-6-10-17(25)11-7-15)27(22(30)16-8-12-18(26)13-9-16)28-23(31)19-4-2-3-5-20(19)24(28)32/h2-3,6-14,19-20H,4-5H2,1H3/t14-,19+,20+/m1/s1. The van der Waals surface area contributed by atoms with E-state index < -0.39 is 41.4 Å². The molecule has 4 rings (SSSR count). The molecule has 6 nitrogen and oxygen atoms in total. The van der Waals surface area contributed by atoms with Crippen LogP contribution < -0.4 is 0 Å². The maximum absolute atomic E-state index is 13.5. The van der Waals surface area contributed by atoms with Gasteiger partial charge in [0, 0.05) is 21.2 Å². The van der Waals surface area contributed by atoms with E-state index in [1.54, 1.807) is 24.3 Å². The predicted molar refractivity (Wildman–Crippen MR) is 120 cm³/mol. The van der Waals surface area contributed by atoms with Crippen LogP contribution in [0.3, 0.4) is 0 Å². The highest BCUT2D eigenvalue weighted by molar-refractivity contribution is 6.31. The number of hydrazine groups is 1. The third kappa shape index (κ3) is 3.96. The van der Waals surface area contributed by atoms with Gasteiger partial charge >= 0.3 is 0 Å². The molecule has 2 aromatic rings. The maximum Gasteiger partial charge on any atom is 0.273 e. The zero-order valence-electron chi connectivity index (χ0n) is 17.2. The van der Waals surface area contributed by atoms with E-state index in [2.05, 4.69) is 0 Å². The highest BCUT2D eigenvalue weighted by atomic mass is 35.5. The van der Waals surface area contributed by atoms with Gasteiger partial charge in [-0.2, -0.15) is 5.01 Å². The molecule has 164 valence electrons. The van der Waals surface area contributed by atoms with Crippen molar-refractivity contribution in [2.24, 2.45) is 11.8 Å². The Morgan fingerprint density at radius 3 is 1.75 bits per heavy atom. The second kappa shape index (κ2) is 8.88. The van der Waals surface area contributed by atoms with Gasteiger partial charge < -0.3 is 0 Å². The van der Waals surface area contributed by atoms with Crippen molar-refractivity contribution < 1.29 is 19.2 Å². The van der Waals surface area contributed by atoms with Crippen molar-refractivity contribution >= 4 is 46.7 Å². The first-order chi connectivity index (χ1) is 15.3. The molecular weight excluding hydrogens is 451 g/mol. The Morgan fingerprint density at radius 1 is 0.844 bits per heavy atom. The van der Waals surface area contributed by atoms with E-state index in [9.17, 15) is 19.2 Å². The zero-order valence-corrected chi connectivity index (χ0v) is 18.7. The van der Waals surface area contributed by atoms with E-state index in [1.807, 2.05) is 12.2 Å². The Bertz CT molecular complexity index is 1090. The van der Waals surface area contributed by atoms with Crippen molar-refractivity contribution in [3.8, 4) is 0 Å². The van der Waals surface area contributed by atoms with Crippen LogP contribution in [0.4, 0.5) is 0 Å². The summed E-state index contributed by atoms with van der Waals surface area (Å²) in [6.45, 7) is 1.51. The molecule has 3 amide bonds. The molecule has 2 aliphatic rings. The smallest absolute Gasteiger partial charge is 0.273 e. The van der Waals surface area contributed by atoms with Gasteiger partial charge in [-0.3, -0.25) is 19.2 Å². The summed E-state index contributed by atoms with van der Waals surface area (Å²) in [4.78, 5) is 53.2. The van der Waals surface area contributed by atoms with Crippen LogP contribution in [0.2, 0.25) is 10.0 Å². The molecular formula is C24H20Cl2N2O4. The largest absolute Gasteiger partial charge is 0.292 e. The Labute approximate surface area is 195 Å². The van der Waals surface area contributed by atoms with Crippen LogP contribution in [0.5, 0.6) is 0 Å². The van der Waals surface area contributed by atoms with Crippen LogP contribution >= 0.6 is 23.2 Å². The first-order valence-corrected chi connectivity index (χ1v) is 11.0. The second-order valence-corrected chi connectivity index (χ2v) is 8.72. The van der Waals surface area contributed by atoms with Crippen molar-refractivity contribution in [2.45, 2.75) is 25.8 Å². The summed E-state index contributed by atoms with van der Waals surface area (Å²) in [5.41, 5.74) is 0.521. The lowest BCUT2D eigenvalue weighted by atomic mass is 9.85. The zero-order chi connectivity index (χ0) is 23.0.